The molecular weight excluding hydrogens is 425 g/mol. The first kappa shape index (κ1) is 21.3. The molecule has 1 amide bonds. The molecule has 0 saturated carbocycles. The maximum absolute atomic E-state index is 13.7. The highest BCUT2D eigenvalue weighted by molar-refractivity contribution is 6.30. The summed E-state index contributed by atoms with van der Waals surface area (Å²) >= 11 is 5.90. The van der Waals surface area contributed by atoms with E-state index in [4.69, 9.17) is 16.3 Å². The molecule has 1 fully saturated rings. The SMILES string of the molecule is CCC(C(=O)N1CCOCC1)n1c(=O)n(-c2ccc(F)c(Cl)c2)c(=O)c2ccccc21. The highest BCUT2D eigenvalue weighted by atomic mass is 35.5. The maximum Gasteiger partial charge on any atom is 0.336 e. The van der Waals surface area contributed by atoms with Crippen molar-refractivity contribution in [2.45, 2.75) is 19.4 Å². The van der Waals surface area contributed by atoms with Gasteiger partial charge < -0.3 is 9.64 Å². The van der Waals surface area contributed by atoms with Gasteiger partial charge in [0.15, 0.2) is 0 Å². The number of hydrogen-bond acceptors (Lipinski definition) is 4. The first-order valence-corrected chi connectivity index (χ1v) is 10.4. The fourth-order valence-electron chi connectivity index (χ4n) is 3.90. The van der Waals surface area contributed by atoms with Crippen LogP contribution in [0.25, 0.3) is 16.6 Å². The summed E-state index contributed by atoms with van der Waals surface area (Å²) in [6.07, 6.45) is 0.350. The van der Waals surface area contributed by atoms with Gasteiger partial charge >= 0.3 is 5.69 Å². The molecule has 1 atom stereocenters. The summed E-state index contributed by atoms with van der Waals surface area (Å²) in [7, 11) is 0. The van der Waals surface area contributed by atoms with Crippen LogP contribution in [-0.2, 0) is 9.53 Å². The number of rotatable bonds is 4. The monoisotopic (exact) mass is 445 g/mol. The summed E-state index contributed by atoms with van der Waals surface area (Å²) < 4.78 is 21.3. The number of benzene rings is 2. The third kappa shape index (κ3) is 3.77. The Bertz CT molecular complexity index is 1260. The van der Waals surface area contributed by atoms with E-state index < -0.39 is 23.1 Å². The Morgan fingerprint density at radius 3 is 2.55 bits per heavy atom. The second kappa shape index (κ2) is 8.64. The van der Waals surface area contributed by atoms with Gasteiger partial charge in [0.05, 0.1) is 34.8 Å². The van der Waals surface area contributed by atoms with Crippen molar-refractivity contribution >= 4 is 28.4 Å². The van der Waals surface area contributed by atoms with E-state index in [0.29, 0.717) is 38.2 Å². The zero-order valence-corrected chi connectivity index (χ0v) is 17.6. The standard InChI is InChI=1S/C22H21ClFN3O4/c1-2-18(21(29)25-9-11-31-12-10-25)27-19-6-4-3-5-15(19)20(28)26(22(27)30)14-7-8-17(24)16(23)13-14/h3-8,13,18H,2,9-12H2,1H3. The lowest BCUT2D eigenvalue weighted by Crippen LogP contribution is -2.48. The Labute approximate surface area is 182 Å². The Hall–Kier alpha value is -2.97. The number of nitrogens with zero attached hydrogens (tertiary/aromatic N) is 3. The highest BCUT2D eigenvalue weighted by Gasteiger charge is 2.29. The molecule has 1 aliphatic rings. The number of amides is 1. The summed E-state index contributed by atoms with van der Waals surface area (Å²) in [5.41, 5.74) is -0.738. The van der Waals surface area contributed by atoms with Crippen molar-refractivity contribution in [2.24, 2.45) is 0 Å². The number of halogens is 2. The summed E-state index contributed by atoms with van der Waals surface area (Å²) in [6, 6.07) is 9.47. The van der Waals surface area contributed by atoms with Crippen molar-refractivity contribution in [3.8, 4) is 5.69 Å². The minimum absolute atomic E-state index is 0.134. The number of aromatic nitrogens is 2. The van der Waals surface area contributed by atoms with E-state index in [0.717, 1.165) is 10.6 Å². The van der Waals surface area contributed by atoms with E-state index in [-0.39, 0.29) is 22.0 Å². The number of carbonyl (C=O) groups excluding carboxylic acids is 1. The zero-order valence-electron chi connectivity index (χ0n) is 16.9. The fraction of sp³-hybridized carbons (Fsp3) is 0.318. The van der Waals surface area contributed by atoms with Crippen LogP contribution in [0.3, 0.4) is 0 Å². The molecule has 0 radical (unpaired) electrons. The molecule has 9 heteroatoms. The molecule has 3 aromatic rings. The summed E-state index contributed by atoms with van der Waals surface area (Å²) in [4.78, 5) is 41.7. The molecule has 1 saturated heterocycles. The van der Waals surface area contributed by atoms with E-state index in [9.17, 15) is 18.8 Å². The average molecular weight is 446 g/mol. The van der Waals surface area contributed by atoms with Gasteiger partial charge in [0.1, 0.15) is 11.9 Å². The molecule has 2 heterocycles. The Morgan fingerprint density at radius 2 is 1.87 bits per heavy atom. The number of hydrogen-bond donors (Lipinski definition) is 0. The second-order valence-electron chi connectivity index (χ2n) is 7.27. The maximum atomic E-state index is 13.7. The van der Waals surface area contributed by atoms with Crippen molar-refractivity contribution in [3.05, 3.63) is 74.1 Å². The lowest BCUT2D eigenvalue weighted by molar-refractivity contribution is -0.139. The predicted molar refractivity (Wildman–Crippen MR) is 116 cm³/mol. The molecule has 0 N–H and O–H groups in total. The van der Waals surface area contributed by atoms with Crippen LogP contribution >= 0.6 is 11.6 Å². The van der Waals surface area contributed by atoms with Gasteiger partial charge in [-0.3, -0.25) is 14.2 Å². The number of carbonyl (C=O) groups is 1. The lowest BCUT2D eigenvalue weighted by atomic mass is 10.1. The van der Waals surface area contributed by atoms with Crippen LogP contribution in [0.2, 0.25) is 5.02 Å². The van der Waals surface area contributed by atoms with Crippen molar-refractivity contribution < 1.29 is 13.9 Å². The van der Waals surface area contributed by atoms with Crippen LogP contribution in [0.4, 0.5) is 4.39 Å². The Balaban J connectivity index is 1.98. The summed E-state index contributed by atoms with van der Waals surface area (Å²) in [5, 5.41) is 0.0655. The number of ether oxygens (including phenoxy) is 1. The molecule has 0 spiro atoms. The molecule has 7 nitrogen and oxygen atoms in total. The van der Waals surface area contributed by atoms with Crippen molar-refractivity contribution in [3.63, 3.8) is 0 Å². The largest absolute Gasteiger partial charge is 0.378 e. The van der Waals surface area contributed by atoms with Gasteiger partial charge in [-0.15, -0.1) is 0 Å². The van der Waals surface area contributed by atoms with Gasteiger partial charge in [-0.05, 0) is 36.8 Å². The number of para-hydroxylation sites is 1. The molecule has 1 unspecified atom stereocenters. The molecule has 0 aliphatic carbocycles. The molecule has 31 heavy (non-hydrogen) atoms. The third-order valence-electron chi connectivity index (χ3n) is 5.46. The van der Waals surface area contributed by atoms with Crippen LogP contribution in [0, 0.1) is 5.82 Å². The molecule has 162 valence electrons. The average Bonchev–Trinajstić information content (AvgIpc) is 2.79. The molecule has 2 aromatic carbocycles. The Morgan fingerprint density at radius 1 is 1.16 bits per heavy atom. The van der Waals surface area contributed by atoms with E-state index in [1.165, 1.54) is 16.7 Å². The normalized spacial score (nSPS) is 15.3. The van der Waals surface area contributed by atoms with Crippen LogP contribution in [0.5, 0.6) is 0 Å². The molecule has 1 aromatic heterocycles. The first-order valence-electron chi connectivity index (χ1n) is 10.0. The number of fused-ring (bicyclic) bond motifs is 1. The molecule has 0 bridgehead atoms. The van der Waals surface area contributed by atoms with E-state index in [1.807, 2.05) is 6.92 Å². The molecule has 4 rings (SSSR count). The molecular formula is C22H21ClFN3O4. The summed E-state index contributed by atoms with van der Waals surface area (Å²) in [6.45, 7) is 3.57. The minimum atomic E-state index is -0.807. The van der Waals surface area contributed by atoms with E-state index in [1.54, 1.807) is 29.2 Å². The van der Waals surface area contributed by atoms with Gasteiger partial charge in [0, 0.05) is 13.1 Å². The third-order valence-corrected chi connectivity index (χ3v) is 5.75. The van der Waals surface area contributed by atoms with Crippen LogP contribution < -0.4 is 11.2 Å². The smallest absolute Gasteiger partial charge is 0.336 e. The van der Waals surface area contributed by atoms with Gasteiger partial charge in [-0.1, -0.05) is 30.7 Å². The Kier molecular flexibility index (Phi) is 5.93. The van der Waals surface area contributed by atoms with E-state index in [2.05, 4.69) is 0 Å². The van der Waals surface area contributed by atoms with Crippen molar-refractivity contribution in [2.75, 3.05) is 26.3 Å². The predicted octanol–water partition coefficient (Wildman–Crippen LogP) is 2.75. The first-order chi connectivity index (χ1) is 14.9. The van der Waals surface area contributed by atoms with Gasteiger partial charge in [0.25, 0.3) is 5.56 Å². The molecule has 1 aliphatic heterocycles. The van der Waals surface area contributed by atoms with Crippen LogP contribution in [0.1, 0.15) is 19.4 Å². The fourth-order valence-corrected chi connectivity index (χ4v) is 4.07. The summed E-state index contributed by atoms with van der Waals surface area (Å²) in [5.74, 6) is -0.867. The van der Waals surface area contributed by atoms with Crippen molar-refractivity contribution in [1.82, 2.24) is 14.0 Å². The van der Waals surface area contributed by atoms with Crippen molar-refractivity contribution in [1.29, 1.82) is 0 Å². The van der Waals surface area contributed by atoms with Gasteiger partial charge in [-0.25, -0.2) is 13.8 Å². The quantitative estimate of drug-likeness (QED) is 0.619. The van der Waals surface area contributed by atoms with Crippen LogP contribution in [-0.4, -0.2) is 46.2 Å². The topological polar surface area (TPSA) is 73.5 Å². The van der Waals surface area contributed by atoms with E-state index >= 15 is 0 Å². The minimum Gasteiger partial charge on any atom is -0.378 e. The lowest BCUT2D eigenvalue weighted by Gasteiger charge is -2.31. The van der Waals surface area contributed by atoms with Gasteiger partial charge in [0.2, 0.25) is 5.91 Å². The van der Waals surface area contributed by atoms with Gasteiger partial charge in [-0.2, -0.15) is 0 Å². The van der Waals surface area contributed by atoms with Crippen LogP contribution in [0.15, 0.2) is 52.1 Å². The number of morpholine rings is 1. The second-order valence-corrected chi connectivity index (χ2v) is 7.68. The zero-order chi connectivity index (χ0) is 22.1. The highest BCUT2D eigenvalue weighted by Crippen LogP contribution is 2.22.